The highest BCUT2D eigenvalue weighted by molar-refractivity contribution is 7.94. The number of carbonyl (C=O) groups is 1. The van der Waals surface area contributed by atoms with E-state index in [2.05, 4.69) is 4.18 Å². The van der Waals surface area contributed by atoms with E-state index in [9.17, 15) is 4.79 Å². The normalized spacial score (nSPS) is 10.2. The Hall–Kier alpha value is -0.220. The van der Waals surface area contributed by atoms with Crippen LogP contribution in [0.3, 0.4) is 0 Å². The third-order valence-corrected chi connectivity index (χ3v) is 1.52. The van der Waals surface area contributed by atoms with E-state index < -0.39 is 0 Å². The van der Waals surface area contributed by atoms with E-state index in [4.69, 9.17) is 0 Å². The Kier molecular flexibility index (Phi) is 6.36. The van der Waals surface area contributed by atoms with Crippen molar-refractivity contribution in [1.29, 1.82) is 0 Å². The predicted molar refractivity (Wildman–Crippen MR) is 47.4 cm³/mol. The molecule has 0 aliphatic rings. The smallest absolute Gasteiger partial charge is 0.317 e. The van der Waals surface area contributed by atoms with Crippen LogP contribution in [0.5, 0.6) is 0 Å². The Bertz CT molecular complexity index is 117. The minimum Gasteiger partial charge on any atom is -0.392 e. The fourth-order valence-corrected chi connectivity index (χ4v) is 0.943. The average Bonchev–Trinajstić information content (AvgIpc) is 1.87. The number of carbonyl (C=O) groups excluding carboxylic acids is 1. The molecule has 11 heavy (non-hydrogen) atoms. The van der Waals surface area contributed by atoms with Gasteiger partial charge in [0.25, 0.3) is 0 Å². The Morgan fingerprint density at radius 1 is 1.55 bits per heavy atom. The summed E-state index contributed by atoms with van der Waals surface area (Å²) in [6, 6.07) is 0. The number of rotatable bonds is 5. The first-order chi connectivity index (χ1) is 5.16. The topological polar surface area (TPSA) is 29.5 Å². The number of nitrogens with zero attached hydrogens (tertiary/aromatic N) is 1. The van der Waals surface area contributed by atoms with Crippen LogP contribution in [-0.4, -0.2) is 37.8 Å². The van der Waals surface area contributed by atoms with Gasteiger partial charge in [-0.2, -0.15) is 0 Å². The van der Waals surface area contributed by atoms with Crippen molar-refractivity contribution in [2.24, 2.45) is 0 Å². The molecule has 0 radical (unpaired) electrons. The van der Waals surface area contributed by atoms with Crippen molar-refractivity contribution < 1.29 is 8.98 Å². The fourth-order valence-electron chi connectivity index (χ4n) is 0.674. The lowest BCUT2D eigenvalue weighted by Crippen LogP contribution is -2.14. The zero-order valence-electron chi connectivity index (χ0n) is 7.29. The van der Waals surface area contributed by atoms with Crippen LogP contribution in [0, 0.1) is 0 Å². The lowest BCUT2D eigenvalue weighted by atomic mass is 10.3. The highest BCUT2D eigenvalue weighted by atomic mass is 32.2. The molecule has 0 aromatic heterocycles. The van der Waals surface area contributed by atoms with E-state index in [0.29, 0.717) is 6.42 Å². The summed E-state index contributed by atoms with van der Waals surface area (Å²) in [6.07, 6.45) is 3.12. The lowest BCUT2D eigenvalue weighted by Gasteiger charge is -2.07. The van der Waals surface area contributed by atoms with E-state index in [1.54, 1.807) is 6.26 Å². The summed E-state index contributed by atoms with van der Waals surface area (Å²) in [5, 5.41) is 0. The monoisotopic (exact) mass is 177 g/mol. The highest BCUT2D eigenvalue weighted by Gasteiger charge is 2.01. The molecule has 0 atom stereocenters. The molecule has 0 rings (SSSR count). The molecule has 3 nitrogen and oxygen atoms in total. The molecule has 4 heteroatoms. The van der Waals surface area contributed by atoms with Crippen molar-refractivity contribution in [2.45, 2.75) is 12.8 Å². The third kappa shape index (κ3) is 7.68. The van der Waals surface area contributed by atoms with Crippen molar-refractivity contribution in [1.82, 2.24) is 4.90 Å². The van der Waals surface area contributed by atoms with Crippen molar-refractivity contribution in [3.05, 3.63) is 0 Å². The second-order valence-electron chi connectivity index (χ2n) is 2.53. The first-order valence-corrected chi connectivity index (χ1v) is 4.70. The molecule has 0 aliphatic heterocycles. The SMILES string of the molecule is CSOC(=O)CCCN(C)C. The van der Waals surface area contributed by atoms with Crippen molar-refractivity contribution in [2.75, 3.05) is 26.9 Å². The first kappa shape index (κ1) is 10.8. The van der Waals surface area contributed by atoms with Crippen LogP contribution >= 0.6 is 12.0 Å². The zero-order chi connectivity index (χ0) is 8.69. The summed E-state index contributed by atoms with van der Waals surface area (Å²) >= 11 is 1.11. The molecule has 0 aliphatic carbocycles. The summed E-state index contributed by atoms with van der Waals surface area (Å²) < 4.78 is 4.68. The van der Waals surface area contributed by atoms with Gasteiger partial charge in [-0.3, -0.25) is 4.79 Å². The second kappa shape index (κ2) is 6.49. The molecule has 0 amide bonds. The van der Waals surface area contributed by atoms with E-state index in [1.165, 1.54) is 0 Å². The van der Waals surface area contributed by atoms with Gasteiger partial charge in [-0.25, -0.2) is 0 Å². The summed E-state index contributed by atoms with van der Waals surface area (Å²) in [5.74, 6) is -0.126. The molecule has 0 aromatic rings. The molecule has 0 unspecified atom stereocenters. The van der Waals surface area contributed by atoms with Gasteiger partial charge >= 0.3 is 5.97 Å². The summed E-state index contributed by atoms with van der Waals surface area (Å²) in [6.45, 7) is 0.934. The molecule has 0 spiro atoms. The van der Waals surface area contributed by atoms with Gasteiger partial charge in [0.05, 0.1) is 12.0 Å². The van der Waals surface area contributed by atoms with E-state index in [-0.39, 0.29) is 5.97 Å². The number of hydrogen-bond acceptors (Lipinski definition) is 4. The predicted octanol–water partition coefficient (Wildman–Crippen LogP) is 1.15. The Balaban J connectivity index is 3.17. The summed E-state index contributed by atoms with van der Waals surface area (Å²) in [4.78, 5) is 12.8. The van der Waals surface area contributed by atoms with Crippen LogP contribution in [0.2, 0.25) is 0 Å². The molecular formula is C7H15NO2S. The minimum absolute atomic E-state index is 0.126. The lowest BCUT2D eigenvalue weighted by molar-refractivity contribution is -0.133. The first-order valence-electron chi connectivity index (χ1n) is 3.55. The van der Waals surface area contributed by atoms with Gasteiger partial charge < -0.3 is 9.08 Å². The Labute approximate surface area is 72.3 Å². The summed E-state index contributed by atoms with van der Waals surface area (Å²) in [5.41, 5.74) is 0. The third-order valence-electron chi connectivity index (χ3n) is 1.16. The minimum atomic E-state index is -0.126. The van der Waals surface area contributed by atoms with Gasteiger partial charge in [0.1, 0.15) is 0 Å². The fraction of sp³-hybridized carbons (Fsp3) is 0.857. The Morgan fingerprint density at radius 2 is 2.18 bits per heavy atom. The molecule has 0 saturated heterocycles. The molecule has 0 heterocycles. The maximum absolute atomic E-state index is 10.8. The van der Waals surface area contributed by atoms with Gasteiger partial charge in [-0.15, -0.1) is 0 Å². The molecule has 0 N–H and O–H groups in total. The van der Waals surface area contributed by atoms with Crippen LogP contribution in [0.4, 0.5) is 0 Å². The molecule has 0 fully saturated rings. The second-order valence-corrected chi connectivity index (χ2v) is 3.03. The number of hydrogen-bond donors (Lipinski definition) is 0. The van der Waals surface area contributed by atoms with Crippen LogP contribution in [0.1, 0.15) is 12.8 Å². The van der Waals surface area contributed by atoms with Gasteiger partial charge in [0.15, 0.2) is 0 Å². The maximum Gasteiger partial charge on any atom is 0.317 e. The van der Waals surface area contributed by atoms with E-state index in [1.807, 2.05) is 19.0 Å². The molecule has 0 aromatic carbocycles. The van der Waals surface area contributed by atoms with Gasteiger partial charge in [-0.05, 0) is 27.1 Å². The largest absolute Gasteiger partial charge is 0.392 e. The van der Waals surface area contributed by atoms with E-state index >= 15 is 0 Å². The van der Waals surface area contributed by atoms with Crippen molar-refractivity contribution in [3.8, 4) is 0 Å². The van der Waals surface area contributed by atoms with Crippen LogP contribution in [0.25, 0.3) is 0 Å². The van der Waals surface area contributed by atoms with Crippen LogP contribution < -0.4 is 0 Å². The molecular weight excluding hydrogens is 162 g/mol. The Morgan fingerprint density at radius 3 is 2.64 bits per heavy atom. The highest BCUT2D eigenvalue weighted by Crippen LogP contribution is 2.00. The quantitative estimate of drug-likeness (QED) is 0.589. The average molecular weight is 177 g/mol. The van der Waals surface area contributed by atoms with Crippen LogP contribution in [0.15, 0.2) is 0 Å². The molecule has 0 saturated carbocycles. The van der Waals surface area contributed by atoms with Gasteiger partial charge in [0.2, 0.25) is 0 Å². The zero-order valence-corrected chi connectivity index (χ0v) is 8.11. The van der Waals surface area contributed by atoms with Crippen LogP contribution in [-0.2, 0) is 8.98 Å². The molecule has 0 bridgehead atoms. The maximum atomic E-state index is 10.8. The van der Waals surface area contributed by atoms with Gasteiger partial charge in [-0.1, -0.05) is 0 Å². The van der Waals surface area contributed by atoms with E-state index in [0.717, 1.165) is 25.0 Å². The molecule has 66 valence electrons. The van der Waals surface area contributed by atoms with Crippen molar-refractivity contribution in [3.63, 3.8) is 0 Å². The van der Waals surface area contributed by atoms with Gasteiger partial charge in [0, 0.05) is 12.7 Å². The summed E-state index contributed by atoms with van der Waals surface area (Å²) in [7, 11) is 3.97. The van der Waals surface area contributed by atoms with Crippen molar-refractivity contribution >= 4 is 18.0 Å². The standard InChI is InChI=1S/C7H15NO2S/c1-8(2)6-4-5-7(9)10-11-3/h4-6H2,1-3H3.